The van der Waals surface area contributed by atoms with Crippen LogP contribution in [0.15, 0.2) is 35.0 Å². The van der Waals surface area contributed by atoms with Crippen LogP contribution in [0.1, 0.15) is 11.7 Å². The molecule has 0 bridgehead atoms. The predicted molar refractivity (Wildman–Crippen MR) is 77.7 cm³/mol. The van der Waals surface area contributed by atoms with Crippen LogP contribution in [0, 0.1) is 5.82 Å². The summed E-state index contributed by atoms with van der Waals surface area (Å²) in [6.45, 7) is 0.0395. The minimum absolute atomic E-state index is 0.0249. The number of hydrogen-bond donors (Lipinski definition) is 3. The van der Waals surface area contributed by atoms with Gasteiger partial charge in [-0.3, -0.25) is 0 Å². The van der Waals surface area contributed by atoms with E-state index in [-0.39, 0.29) is 17.3 Å². The van der Waals surface area contributed by atoms with Crippen molar-refractivity contribution < 1.29 is 14.3 Å². The van der Waals surface area contributed by atoms with Gasteiger partial charge in [-0.15, -0.1) is 0 Å². The molecule has 0 aliphatic rings. The quantitative estimate of drug-likeness (QED) is 0.810. The van der Waals surface area contributed by atoms with Gasteiger partial charge in [0.05, 0.1) is 11.8 Å². The first-order valence-electron chi connectivity index (χ1n) is 5.76. The Labute approximate surface area is 124 Å². The number of aliphatic hydroxyl groups excluding tert-OH is 1. The highest BCUT2D eigenvalue weighted by molar-refractivity contribution is 7.07. The topological polar surface area (TPSA) is 61.4 Å². The molecule has 3 N–H and O–H groups in total. The molecule has 2 rings (SSSR count). The van der Waals surface area contributed by atoms with Gasteiger partial charge in [0.15, 0.2) is 0 Å². The molecule has 0 saturated heterocycles. The number of urea groups is 1. The smallest absolute Gasteiger partial charge is 0.319 e. The average molecular weight is 315 g/mol. The summed E-state index contributed by atoms with van der Waals surface area (Å²) in [5.74, 6) is -0.619. The third-order valence-corrected chi connectivity index (χ3v) is 3.50. The molecule has 0 fully saturated rings. The molecule has 0 spiro atoms. The van der Waals surface area contributed by atoms with Crippen LogP contribution in [-0.2, 0) is 0 Å². The Balaban J connectivity index is 1.86. The largest absolute Gasteiger partial charge is 0.387 e. The second-order valence-electron chi connectivity index (χ2n) is 4.03. The maximum atomic E-state index is 13.5. The average Bonchev–Trinajstić information content (AvgIpc) is 2.93. The van der Waals surface area contributed by atoms with Crippen LogP contribution in [-0.4, -0.2) is 17.7 Å². The third kappa shape index (κ3) is 3.93. The predicted octanol–water partition coefficient (Wildman–Crippen LogP) is 3.40. The van der Waals surface area contributed by atoms with Gasteiger partial charge in [-0.05, 0) is 40.6 Å². The zero-order chi connectivity index (χ0) is 14.5. The summed E-state index contributed by atoms with van der Waals surface area (Å²) in [6, 6.07) is 5.12. The van der Waals surface area contributed by atoms with Crippen molar-refractivity contribution in [2.45, 2.75) is 6.10 Å². The van der Waals surface area contributed by atoms with Crippen molar-refractivity contribution in [2.75, 3.05) is 11.9 Å². The van der Waals surface area contributed by atoms with E-state index in [9.17, 15) is 14.3 Å². The maximum Gasteiger partial charge on any atom is 0.319 e. The molecule has 0 aliphatic heterocycles. The normalized spacial score (nSPS) is 11.9. The summed E-state index contributed by atoms with van der Waals surface area (Å²) in [5.41, 5.74) is 0.755. The van der Waals surface area contributed by atoms with Crippen LogP contribution >= 0.6 is 22.9 Å². The van der Waals surface area contributed by atoms with Crippen molar-refractivity contribution in [2.24, 2.45) is 0 Å². The fraction of sp³-hybridized carbons (Fsp3) is 0.154. The molecule has 7 heteroatoms. The van der Waals surface area contributed by atoms with Crippen LogP contribution in [0.25, 0.3) is 0 Å². The monoisotopic (exact) mass is 314 g/mol. The summed E-state index contributed by atoms with van der Waals surface area (Å²) < 4.78 is 13.5. The molecule has 2 aromatic rings. The number of anilines is 1. The van der Waals surface area contributed by atoms with Crippen LogP contribution in [0.3, 0.4) is 0 Å². The molecule has 1 aromatic carbocycles. The van der Waals surface area contributed by atoms with Gasteiger partial charge in [0.25, 0.3) is 0 Å². The second-order valence-corrected chi connectivity index (χ2v) is 5.25. The lowest BCUT2D eigenvalue weighted by Crippen LogP contribution is -2.32. The molecule has 0 saturated carbocycles. The molecule has 0 radical (unpaired) electrons. The second kappa shape index (κ2) is 6.69. The number of amides is 2. The van der Waals surface area contributed by atoms with Crippen LogP contribution in [0.5, 0.6) is 0 Å². The Kier molecular flexibility index (Phi) is 4.94. The highest BCUT2D eigenvalue weighted by Gasteiger charge is 2.11. The van der Waals surface area contributed by atoms with E-state index in [0.717, 1.165) is 11.6 Å². The van der Waals surface area contributed by atoms with Crippen molar-refractivity contribution in [1.82, 2.24) is 5.32 Å². The van der Waals surface area contributed by atoms with Crippen LogP contribution < -0.4 is 10.6 Å². The molecule has 1 aromatic heterocycles. The van der Waals surface area contributed by atoms with Gasteiger partial charge >= 0.3 is 6.03 Å². The lowest BCUT2D eigenvalue weighted by molar-refractivity contribution is 0.175. The van der Waals surface area contributed by atoms with Crippen molar-refractivity contribution in [3.63, 3.8) is 0 Å². The van der Waals surface area contributed by atoms with Crippen LogP contribution in [0.4, 0.5) is 14.9 Å². The van der Waals surface area contributed by atoms with E-state index >= 15 is 0 Å². The van der Waals surface area contributed by atoms with Gasteiger partial charge in [-0.2, -0.15) is 11.3 Å². The summed E-state index contributed by atoms with van der Waals surface area (Å²) >= 11 is 7.07. The SMILES string of the molecule is O=C(NCC(O)c1ccsc1)Nc1ccc(Cl)cc1F. The Morgan fingerprint density at radius 2 is 2.25 bits per heavy atom. The number of carbonyl (C=O) groups excluding carboxylic acids is 1. The standard InChI is InChI=1S/C13H12ClFN2O2S/c14-9-1-2-11(10(15)5-9)17-13(19)16-6-12(18)8-3-4-20-7-8/h1-5,7,12,18H,6H2,(H2,16,17,19). The lowest BCUT2D eigenvalue weighted by Gasteiger charge is -2.12. The molecule has 0 aliphatic carbocycles. The number of halogens is 2. The van der Waals surface area contributed by atoms with Gasteiger partial charge in [0.1, 0.15) is 5.82 Å². The number of hydrogen-bond acceptors (Lipinski definition) is 3. The first kappa shape index (κ1) is 14.8. The minimum atomic E-state index is -0.790. The fourth-order valence-corrected chi connectivity index (χ4v) is 2.40. The van der Waals surface area contributed by atoms with Crippen LogP contribution in [0.2, 0.25) is 5.02 Å². The number of nitrogens with one attached hydrogen (secondary N) is 2. The first-order chi connectivity index (χ1) is 9.56. The number of aliphatic hydroxyl groups is 1. The number of carbonyl (C=O) groups is 1. The lowest BCUT2D eigenvalue weighted by atomic mass is 10.2. The summed E-state index contributed by atoms with van der Waals surface area (Å²) in [7, 11) is 0. The van der Waals surface area contributed by atoms with Gasteiger partial charge in [-0.25, -0.2) is 9.18 Å². The van der Waals surface area contributed by atoms with E-state index in [4.69, 9.17) is 11.6 Å². The summed E-state index contributed by atoms with van der Waals surface area (Å²) in [6.07, 6.45) is -0.790. The molecule has 106 valence electrons. The summed E-state index contributed by atoms with van der Waals surface area (Å²) in [5, 5.41) is 18.5. The van der Waals surface area contributed by atoms with E-state index < -0.39 is 18.0 Å². The Hall–Kier alpha value is -1.63. The van der Waals surface area contributed by atoms with Crippen molar-refractivity contribution >= 4 is 34.7 Å². The zero-order valence-electron chi connectivity index (χ0n) is 10.3. The van der Waals surface area contributed by atoms with Crippen molar-refractivity contribution in [3.05, 3.63) is 51.4 Å². The molecule has 4 nitrogen and oxygen atoms in total. The van der Waals surface area contributed by atoms with Crippen molar-refractivity contribution in [3.8, 4) is 0 Å². The molecule has 1 unspecified atom stereocenters. The third-order valence-electron chi connectivity index (χ3n) is 2.56. The van der Waals surface area contributed by atoms with Crippen molar-refractivity contribution in [1.29, 1.82) is 0 Å². The number of rotatable bonds is 4. The maximum absolute atomic E-state index is 13.5. The van der Waals surface area contributed by atoms with Gasteiger partial charge in [0, 0.05) is 11.6 Å². The number of benzene rings is 1. The molecular formula is C13H12ClFN2O2S. The van der Waals surface area contributed by atoms with Gasteiger partial charge in [-0.1, -0.05) is 11.6 Å². The zero-order valence-corrected chi connectivity index (χ0v) is 11.8. The Morgan fingerprint density at radius 3 is 2.90 bits per heavy atom. The first-order valence-corrected chi connectivity index (χ1v) is 7.08. The molecule has 20 heavy (non-hydrogen) atoms. The van der Waals surface area contributed by atoms with E-state index in [1.807, 2.05) is 5.38 Å². The van der Waals surface area contributed by atoms with Gasteiger partial charge < -0.3 is 15.7 Å². The summed E-state index contributed by atoms with van der Waals surface area (Å²) in [4.78, 5) is 11.6. The minimum Gasteiger partial charge on any atom is -0.387 e. The molecule has 1 atom stereocenters. The van der Waals surface area contributed by atoms with E-state index in [0.29, 0.717) is 0 Å². The van der Waals surface area contributed by atoms with E-state index in [1.165, 1.54) is 23.5 Å². The van der Waals surface area contributed by atoms with E-state index in [1.54, 1.807) is 11.4 Å². The Bertz CT molecular complexity index is 592. The molecule has 1 heterocycles. The van der Waals surface area contributed by atoms with Gasteiger partial charge in [0.2, 0.25) is 0 Å². The highest BCUT2D eigenvalue weighted by atomic mass is 35.5. The fourth-order valence-electron chi connectivity index (χ4n) is 1.53. The highest BCUT2D eigenvalue weighted by Crippen LogP contribution is 2.19. The molecule has 2 amide bonds. The number of thiophene rings is 1. The van der Waals surface area contributed by atoms with E-state index in [2.05, 4.69) is 10.6 Å². The molecular weight excluding hydrogens is 303 g/mol. The Morgan fingerprint density at radius 1 is 1.45 bits per heavy atom.